The molecule has 1 amide bonds. The number of rotatable bonds is 4. The smallest absolute Gasteiger partial charge is 0.410 e. The summed E-state index contributed by atoms with van der Waals surface area (Å²) in [5, 5.41) is 16.0. The summed E-state index contributed by atoms with van der Waals surface area (Å²) in [6.45, 7) is 11.6. The molecule has 0 N–H and O–H groups in total. The van der Waals surface area contributed by atoms with E-state index in [-0.39, 0.29) is 29.9 Å². The van der Waals surface area contributed by atoms with Gasteiger partial charge in [0.15, 0.2) is 5.82 Å². The highest BCUT2D eigenvalue weighted by molar-refractivity contribution is 9.10. The molecule has 1 aromatic carbocycles. The average Bonchev–Trinajstić information content (AvgIpc) is 3.30. The summed E-state index contributed by atoms with van der Waals surface area (Å²) in [4.78, 5) is 23.9. The molecule has 0 bridgehead atoms. The summed E-state index contributed by atoms with van der Waals surface area (Å²) in [7, 11) is 4.14. The lowest BCUT2D eigenvalue weighted by Crippen LogP contribution is -2.67. The molecule has 0 aliphatic carbocycles. The maximum Gasteiger partial charge on any atom is 0.410 e. The van der Waals surface area contributed by atoms with Crippen molar-refractivity contribution in [3.8, 4) is 6.07 Å². The fraction of sp³-hybridized carbons (Fsp3) is 0.586. The zero-order valence-corrected chi connectivity index (χ0v) is 25.8. The molecule has 11 heteroatoms. The van der Waals surface area contributed by atoms with E-state index in [9.17, 15) is 10.1 Å². The van der Waals surface area contributed by atoms with Crippen molar-refractivity contribution in [1.29, 1.82) is 5.26 Å². The number of amides is 1. The van der Waals surface area contributed by atoms with Crippen LogP contribution in [-0.4, -0.2) is 81.6 Å². The molecule has 3 aromatic rings. The van der Waals surface area contributed by atoms with Gasteiger partial charge in [0.05, 0.1) is 51.7 Å². The van der Waals surface area contributed by atoms with Gasteiger partial charge in [0.25, 0.3) is 0 Å². The van der Waals surface area contributed by atoms with E-state index >= 15 is 4.39 Å². The number of likely N-dealkylation sites (tertiary alicyclic amines) is 1. The molecule has 0 spiro atoms. The third-order valence-electron chi connectivity index (χ3n) is 8.30. The van der Waals surface area contributed by atoms with Crippen LogP contribution in [0.2, 0.25) is 0 Å². The highest BCUT2D eigenvalue weighted by Crippen LogP contribution is 2.41. The van der Waals surface area contributed by atoms with Crippen molar-refractivity contribution in [2.75, 3.05) is 38.6 Å². The van der Waals surface area contributed by atoms with Crippen molar-refractivity contribution < 1.29 is 13.9 Å². The van der Waals surface area contributed by atoms with E-state index in [0.717, 1.165) is 35.4 Å². The van der Waals surface area contributed by atoms with Crippen LogP contribution in [0.15, 0.2) is 16.7 Å². The number of hydrogen-bond donors (Lipinski definition) is 0. The van der Waals surface area contributed by atoms with Crippen LogP contribution in [0.3, 0.4) is 0 Å². The number of pyridine rings is 1. The first-order valence-electron chi connectivity index (χ1n) is 13.7. The van der Waals surface area contributed by atoms with E-state index in [1.54, 1.807) is 4.90 Å². The number of nitriles is 1. The summed E-state index contributed by atoms with van der Waals surface area (Å²) in [6, 6.07) is 3.81. The third kappa shape index (κ3) is 4.90. The summed E-state index contributed by atoms with van der Waals surface area (Å²) in [6.07, 6.45) is 2.80. The normalized spacial score (nSPS) is 21.1. The van der Waals surface area contributed by atoms with Gasteiger partial charge in [-0.1, -0.05) is 0 Å². The molecule has 0 radical (unpaired) electrons. The maximum atomic E-state index is 15.7. The van der Waals surface area contributed by atoms with Crippen LogP contribution in [0.4, 0.5) is 15.0 Å². The Hall–Kier alpha value is -2.97. The van der Waals surface area contributed by atoms with E-state index in [0.29, 0.717) is 34.8 Å². The molecule has 9 nitrogen and oxygen atoms in total. The molecule has 2 fully saturated rings. The Morgan fingerprint density at radius 1 is 1.32 bits per heavy atom. The van der Waals surface area contributed by atoms with E-state index < -0.39 is 11.7 Å². The topological polar surface area (TPSA) is 90.5 Å². The van der Waals surface area contributed by atoms with Crippen LogP contribution in [0.1, 0.15) is 58.6 Å². The number of carbonyl (C=O) groups excluding carboxylic acids is 1. The number of likely N-dealkylation sites (N-methyl/N-ethyl adjacent to an activating group) is 1. The molecule has 4 heterocycles. The number of anilines is 1. The first-order chi connectivity index (χ1) is 18.7. The second-order valence-electron chi connectivity index (χ2n) is 12.6. The Morgan fingerprint density at radius 2 is 2.02 bits per heavy atom. The molecule has 2 atom stereocenters. The van der Waals surface area contributed by atoms with Crippen LogP contribution in [-0.2, 0) is 4.74 Å². The largest absolute Gasteiger partial charge is 0.444 e. The fourth-order valence-electron chi connectivity index (χ4n) is 5.83. The monoisotopic (exact) mass is 613 g/mol. The lowest BCUT2D eigenvalue weighted by atomic mass is 9.90. The van der Waals surface area contributed by atoms with Crippen molar-refractivity contribution in [2.24, 2.45) is 0 Å². The molecule has 2 aliphatic rings. The Labute approximate surface area is 243 Å². The molecule has 40 heavy (non-hydrogen) atoms. The fourth-order valence-corrected chi connectivity index (χ4v) is 6.13. The van der Waals surface area contributed by atoms with E-state index in [4.69, 9.17) is 14.8 Å². The number of halogens is 2. The standard InChI is InChI=1S/C29H37BrFN7O2/c1-17-12-20-24(23(31)22(17)30)34-26(36-15-29(5,16-36)35(6)7)21-14-33-38(25(20)21)19-9-11-37(18(13-19)8-10-32)27(39)40-28(2,3)4/h12,14,18-19H,8-9,11,13,15-16H2,1-7H3/t18-,19+/m1/s1. The number of benzene rings is 1. The summed E-state index contributed by atoms with van der Waals surface area (Å²) in [5.41, 5.74) is 1.30. The molecule has 0 unspecified atom stereocenters. The molecular weight excluding hydrogens is 577 g/mol. The predicted molar refractivity (Wildman–Crippen MR) is 157 cm³/mol. The van der Waals surface area contributed by atoms with Gasteiger partial charge in [-0.3, -0.25) is 4.68 Å². The number of fused-ring (bicyclic) bond motifs is 3. The quantitative estimate of drug-likeness (QED) is 0.368. The zero-order chi connectivity index (χ0) is 29.1. The summed E-state index contributed by atoms with van der Waals surface area (Å²) < 4.78 is 23.7. The van der Waals surface area contributed by atoms with Crippen molar-refractivity contribution in [3.63, 3.8) is 0 Å². The molecule has 214 valence electrons. The van der Waals surface area contributed by atoms with Gasteiger partial charge in [0, 0.05) is 25.0 Å². The van der Waals surface area contributed by atoms with Gasteiger partial charge in [-0.15, -0.1) is 0 Å². The van der Waals surface area contributed by atoms with Crippen LogP contribution >= 0.6 is 15.9 Å². The van der Waals surface area contributed by atoms with Crippen molar-refractivity contribution in [2.45, 2.75) is 77.1 Å². The zero-order valence-electron chi connectivity index (χ0n) is 24.3. The molecule has 5 rings (SSSR count). The van der Waals surface area contributed by atoms with Crippen molar-refractivity contribution in [1.82, 2.24) is 24.6 Å². The maximum absolute atomic E-state index is 15.7. The predicted octanol–water partition coefficient (Wildman–Crippen LogP) is 5.79. The van der Waals surface area contributed by atoms with Gasteiger partial charge in [0.1, 0.15) is 16.9 Å². The number of ether oxygens (including phenoxy) is 1. The van der Waals surface area contributed by atoms with E-state index in [1.165, 1.54) is 0 Å². The Bertz CT molecular complexity index is 1520. The van der Waals surface area contributed by atoms with E-state index in [2.05, 4.69) is 52.8 Å². The first-order valence-corrected chi connectivity index (χ1v) is 14.5. The SMILES string of the molecule is Cc1cc2c(nc(N3CC(C)(N(C)C)C3)c3cnn([C@H]4CCN(C(=O)OC(C)(C)C)[C@H](CC#N)C4)c32)c(F)c1Br. The van der Waals surface area contributed by atoms with Gasteiger partial charge in [-0.2, -0.15) is 10.4 Å². The Balaban J connectivity index is 1.59. The first kappa shape index (κ1) is 28.6. The highest BCUT2D eigenvalue weighted by Gasteiger charge is 2.43. The number of aromatic nitrogens is 3. The molecule has 0 saturated carbocycles. The number of aryl methyl sites for hydroxylation is 1. The number of hydrogen-bond acceptors (Lipinski definition) is 7. The average molecular weight is 615 g/mol. The number of nitrogens with zero attached hydrogens (tertiary/aromatic N) is 7. The van der Waals surface area contributed by atoms with Crippen molar-refractivity contribution >= 4 is 49.6 Å². The number of carbonyl (C=O) groups is 1. The minimum atomic E-state index is -0.624. The van der Waals surface area contributed by atoms with Gasteiger partial charge in [-0.05, 0) is 89.1 Å². The summed E-state index contributed by atoms with van der Waals surface area (Å²) >= 11 is 3.41. The van der Waals surface area contributed by atoms with Crippen LogP contribution in [0.25, 0.3) is 21.8 Å². The Morgan fingerprint density at radius 3 is 2.65 bits per heavy atom. The third-order valence-corrected chi connectivity index (χ3v) is 9.28. The van der Waals surface area contributed by atoms with Crippen LogP contribution < -0.4 is 4.90 Å². The lowest BCUT2D eigenvalue weighted by molar-refractivity contribution is 0.00565. The lowest BCUT2D eigenvalue weighted by Gasteiger charge is -2.52. The van der Waals surface area contributed by atoms with Crippen LogP contribution in [0, 0.1) is 24.1 Å². The van der Waals surface area contributed by atoms with Gasteiger partial charge in [-0.25, -0.2) is 14.2 Å². The van der Waals surface area contributed by atoms with Gasteiger partial charge in [0.2, 0.25) is 0 Å². The Kier molecular flexibility index (Phi) is 7.24. The highest BCUT2D eigenvalue weighted by atomic mass is 79.9. The van der Waals surface area contributed by atoms with Crippen LogP contribution in [0.5, 0.6) is 0 Å². The van der Waals surface area contributed by atoms with Gasteiger partial charge >= 0.3 is 6.09 Å². The second kappa shape index (κ2) is 10.1. The molecular formula is C29H37BrFN7O2. The van der Waals surface area contributed by atoms with Crippen molar-refractivity contribution in [3.05, 3.63) is 28.1 Å². The van der Waals surface area contributed by atoms with E-state index in [1.807, 2.05) is 44.6 Å². The van der Waals surface area contributed by atoms with Gasteiger partial charge < -0.3 is 19.4 Å². The number of piperidine rings is 1. The molecule has 2 aliphatic heterocycles. The minimum absolute atomic E-state index is 0.00433. The molecule has 2 aromatic heterocycles. The molecule has 2 saturated heterocycles. The minimum Gasteiger partial charge on any atom is -0.444 e. The second-order valence-corrected chi connectivity index (χ2v) is 13.4. The summed E-state index contributed by atoms with van der Waals surface area (Å²) in [5.74, 6) is 0.339.